The highest BCUT2D eigenvalue weighted by Crippen LogP contribution is 2.19. The summed E-state index contributed by atoms with van der Waals surface area (Å²) in [6, 6.07) is 0. The molecule has 2 atom stereocenters. The molecular formula is C10H16O6. The van der Waals surface area contributed by atoms with Crippen molar-refractivity contribution in [3.63, 3.8) is 0 Å². The van der Waals surface area contributed by atoms with E-state index in [4.69, 9.17) is 0 Å². The minimum Gasteiger partial charge on any atom is -0.469 e. The summed E-state index contributed by atoms with van der Waals surface area (Å²) in [6.45, 7) is 1.50. The van der Waals surface area contributed by atoms with Crippen LogP contribution in [0.3, 0.4) is 0 Å². The van der Waals surface area contributed by atoms with E-state index in [2.05, 4.69) is 14.2 Å². The smallest absolute Gasteiger partial charge is 0.310 e. The maximum Gasteiger partial charge on any atom is 0.310 e. The molecule has 0 aromatic carbocycles. The quantitative estimate of drug-likeness (QED) is 0.496. The van der Waals surface area contributed by atoms with Crippen LogP contribution in [0.4, 0.5) is 0 Å². The summed E-state index contributed by atoms with van der Waals surface area (Å²) in [5, 5.41) is 0. The molecule has 0 aromatic rings. The van der Waals surface area contributed by atoms with Crippen LogP contribution in [0, 0.1) is 11.8 Å². The van der Waals surface area contributed by atoms with Gasteiger partial charge in [-0.05, 0) is 0 Å². The Morgan fingerprint density at radius 3 is 1.81 bits per heavy atom. The minimum absolute atomic E-state index is 0.209. The van der Waals surface area contributed by atoms with Gasteiger partial charge in [0.25, 0.3) is 0 Å². The Bertz CT molecular complexity index is 272. The van der Waals surface area contributed by atoms with E-state index in [9.17, 15) is 14.4 Å². The molecule has 0 amide bonds. The first-order chi connectivity index (χ1) is 7.47. The lowest BCUT2D eigenvalue weighted by atomic mass is 9.91. The zero-order chi connectivity index (χ0) is 12.7. The van der Waals surface area contributed by atoms with Crippen LogP contribution in [0.2, 0.25) is 0 Å². The number of hydrogen-bond donors (Lipinski definition) is 0. The number of hydrogen-bond acceptors (Lipinski definition) is 6. The van der Waals surface area contributed by atoms with E-state index in [1.165, 1.54) is 28.3 Å². The second kappa shape index (κ2) is 6.81. The summed E-state index contributed by atoms with van der Waals surface area (Å²) in [6.07, 6.45) is -0.209. The van der Waals surface area contributed by atoms with Crippen molar-refractivity contribution in [2.75, 3.05) is 21.3 Å². The molecular weight excluding hydrogens is 216 g/mol. The van der Waals surface area contributed by atoms with Crippen molar-refractivity contribution in [2.24, 2.45) is 11.8 Å². The van der Waals surface area contributed by atoms with E-state index >= 15 is 0 Å². The molecule has 0 bridgehead atoms. The predicted octanol–water partition coefficient (Wildman–Crippen LogP) is 0.148. The van der Waals surface area contributed by atoms with Gasteiger partial charge in [-0.2, -0.15) is 0 Å². The lowest BCUT2D eigenvalue weighted by Crippen LogP contribution is -2.31. The maximum absolute atomic E-state index is 11.4. The predicted molar refractivity (Wildman–Crippen MR) is 53.3 cm³/mol. The van der Waals surface area contributed by atoms with Crippen molar-refractivity contribution in [3.8, 4) is 0 Å². The molecule has 0 fully saturated rings. The van der Waals surface area contributed by atoms with E-state index in [0.29, 0.717) is 0 Å². The number of rotatable bonds is 5. The van der Waals surface area contributed by atoms with Crippen molar-refractivity contribution in [2.45, 2.75) is 13.3 Å². The van der Waals surface area contributed by atoms with Crippen LogP contribution in [0.1, 0.15) is 13.3 Å². The van der Waals surface area contributed by atoms with E-state index in [-0.39, 0.29) is 6.42 Å². The van der Waals surface area contributed by atoms with Gasteiger partial charge in [-0.25, -0.2) is 0 Å². The Balaban J connectivity index is 4.72. The first-order valence-electron chi connectivity index (χ1n) is 4.70. The first kappa shape index (κ1) is 14.4. The molecule has 16 heavy (non-hydrogen) atoms. The number of carbonyl (C=O) groups excluding carboxylic acids is 3. The highest BCUT2D eigenvalue weighted by molar-refractivity contribution is 5.85. The van der Waals surface area contributed by atoms with E-state index in [1.807, 2.05) is 0 Å². The second-order valence-electron chi connectivity index (χ2n) is 3.22. The highest BCUT2D eigenvalue weighted by atomic mass is 16.5. The molecule has 0 saturated heterocycles. The molecule has 92 valence electrons. The summed E-state index contributed by atoms with van der Waals surface area (Å²) in [4.78, 5) is 33.7. The molecule has 0 aliphatic carbocycles. The van der Waals surface area contributed by atoms with Crippen LogP contribution >= 0.6 is 0 Å². The number of carbonyl (C=O) groups is 3. The van der Waals surface area contributed by atoms with E-state index in [1.54, 1.807) is 0 Å². The fourth-order valence-corrected chi connectivity index (χ4v) is 1.23. The Hall–Kier alpha value is -1.59. The fraction of sp³-hybridized carbons (Fsp3) is 0.700. The zero-order valence-electron chi connectivity index (χ0n) is 9.81. The van der Waals surface area contributed by atoms with Gasteiger partial charge in [0, 0.05) is 0 Å². The molecule has 6 heteroatoms. The number of ether oxygens (including phenoxy) is 3. The van der Waals surface area contributed by atoms with Crippen LogP contribution < -0.4 is 0 Å². The third-order valence-electron chi connectivity index (χ3n) is 2.29. The summed E-state index contributed by atoms with van der Waals surface area (Å²) in [5.41, 5.74) is 0. The van der Waals surface area contributed by atoms with Gasteiger partial charge in [-0.1, -0.05) is 6.92 Å². The van der Waals surface area contributed by atoms with Gasteiger partial charge in [-0.15, -0.1) is 0 Å². The average Bonchev–Trinajstić information content (AvgIpc) is 2.32. The standard InChI is InChI=1S/C10H16O6/c1-6(9(12)15-3)7(10(13)16-4)5-8(11)14-2/h6-7H,5H2,1-4H3. The monoisotopic (exact) mass is 232 g/mol. The van der Waals surface area contributed by atoms with Gasteiger partial charge in [0.2, 0.25) is 0 Å². The minimum atomic E-state index is -0.884. The van der Waals surface area contributed by atoms with Crippen LogP contribution in [-0.4, -0.2) is 39.2 Å². The summed E-state index contributed by atoms with van der Waals surface area (Å²) in [7, 11) is 3.61. The molecule has 0 radical (unpaired) electrons. The summed E-state index contributed by atoms with van der Waals surface area (Å²) >= 11 is 0. The Morgan fingerprint density at radius 2 is 1.44 bits per heavy atom. The SMILES string of the molecule is COC(=O)CC(C(=O)OC)C(C)C(=O)OC. The van der Waals surface area contributed by atoms with Gasteiger partial charge in [0.15, 0.2) is 0 Å². The Labute approximate surface area is 93.8 Å². The van der Waals surface area contributed by atoms with Crippen molar-refractivity contribution < 1.29 is 28.6 Å². The average molecular weight is 232 g/mol. The van der Waals surface area contributed by atoms with Crippen LogP contribution in [-0.2, 0) is 28.6 Å². The molecule has 6 nitrogen and oxygen atoms in total. The van der Waals surface area contributed by atoms with Gasteiger partial charge >= 0.3 is 17.9 Å². The van der Waals surface area contributed by atoms with Gasteiger partial charge < -0.3 is 14.2 Å². The van der Waals surface area contributed by atoms with Crippen molar-refractivity contribution in [3.05, 3.63) is 0 Å². The van der Waals surface area contributed by atoms with Crippen molar-refractivity contribution in [1.29, 1.82) is 0 Å². The normalized spacial score (nSPS) is 13.5. The molecule has 0 aliphatic rings. The van der Waals surface area contributed by atoms with Gasteiger partial charge in [0.05, 0.1) is 39.6 Å². The second-order valence-corrected chi connectivity index (χ2v) is 3.22. The molecule has 0 spiro atoms. The third kappa shape index (κ3) is 3.88. The van der Waals surface area contributed by atoms with Crippen LogP contribution in [0.25, 0.3) is 0 Å². The topological polar surface area (TPSA) is 78.9 Å². The van der Waals surface area contributed by atoms with Gasteiger partial charge in [0.1, 0.15) is 0 Å². The van der Waals surface area contributed by atoms with Gasteiger partial charge in [-0.3, -0.25) is 14.4 Å². The first-order valence-corrected chi connectivity index (χ1v) is 4.70. The molecule has 0 rings (SSSR count). The molecule has 0 saturated carbocycles. The third-order valence-corrected chi connectivity index (χ3v) is 2.29. The fourth-order valence-electron chi connectivity index (χ4n) is 1.23. The summed E-state index contributed by atoms with van der Waals surface area (Å²) in [5.74, 6) is -3.42. The lowest BCUT2D eigenvalue weighted by molar-refractivity contribution is -0.160. The van der Waals surface area contributed by atoms with Crippen molar-refractivity contribution >= 4 is 17.9 Å². The molecule has 2 unspecified atom stereocenters. The van der Waals surface area contributed by atoms with Crippen LogP contribution in [0.5, 0.6) is 0 Å². The Kier molecular flexibility index (Phi) is 6.14. The lowest BCUT2D eigenvalue weighted by Gasteiger charge is -2.18. The molecule has 0 N–H and O–H groups in total. The number of methoxy groups -OCH3 is 3. The summed E-state index contributed by atoms with van der Waals surface area (Å²) < 4.78 is 13.5. The molecule has 0 aliphatic heterocycles. The zero-order valence-corrected chi connectivity index (χ0v) is 9.81. The van der Waals surface area contributed by atoms with Crippen molar-refractivity contribution in [1.82, 2.24) is 0 Å². The highest BCUT2D eigenvalue weighted by Gasteiger charge is 2.33. The maximum atomic E-state index is 11.4. The van der Waals surface area contributed by atoms with E-state index < -0.39 is 29.7 Å². The van der Waals surface area contributed by atoms with E-state index in [0.717, 1.165) is 0 Å². The molecule has 0 heterocycles. The largest absolute Gasteiger partial charge is 0.469 e. The Morgan fingerprint density at radius 1 is 0.938 bits per heavy atom. The van der Waals surface area contributed by atoms with Crippen LogP contribution in [0.15, 0.2) is 0 Å². The molecule has 0 aromatic heterocycles. The number of esters is 3.